The summed E-state index contributed by atoms with van der Waals surface area (Å²) in [6, 6.07) is 74.6. The first-order valence-electron chi connectivity index (χ1n) is 24.1. The molecular formula is C68H44. The number of hydrogen-bond donors (Lipinski definition) is 0. The SMILES string of the molecule is Cc1ccc(-c2cc3cc(-c4ccc(C)cc4)cc4c5ccc6c7ccc8c9c(ccc(c%10ccc(c(c2)c34)c5c%106)c97)-c2c-8c(-c3ccccc3)c3cc(C)c(C)cc3c2-c2ccccc2)cc1. The fourth-order valence-corrected chi connectivity index (χ4v) is 12.6. The maximum absolute atomic E-state index is 2.46. The third kappa shape index (κ3) is 5.04. The topological polar surface area (TPSA) is 0 Å². The monoisotopic (exact) mass is 860 g/mol. The molecule has 0 radical (unpaired) electrons. The molecule has 1 aliphatic carbocycles. The van der Waals surface area contributed by atoms with Gasteiger partial charge in [-0.3, -0.25) is 0 Å². The van der Waals surface area contributed by atoms with E-state index in [1.807, 2.05) is 0 Å². The van der Waals surface area contributed by atoms with Crippen LogP contribution in [0.5, 0.6) is 0 Å². The van der Waals surface area contributed by atoms with Crippen LogP contribution in [0.2, 0.25) is 0 Å². The number of rotatable bonds is 4. The van der Waals surface area contributed by atoms with Crippen molar-refractivity contribution in [2.24, 2.45) is 0 Å². The molecule has 0 saturated carbocycles. The molecule has 1 aliphatic rings. The Morgan fingerprint density at radius 2 is 0.588 bits per heavy atom. The fourth-order valence-electron chi connectivity index (χ4n) is 12.6. The zero-order valence-corrected chi connectivity index (χ0v) is 38.5. The van der Waals surface area contributed by atoms with Crippen LogP contribution in [0, 0.1) is 27.7 Å². The first-order chi connectivity index (χ1) is 33.4. The van der Waals surface area contributed by atoms with Crippen molar-refractivity contribution >= 4 is 86.2 Å². The summed E-state index contributed by atoms with van der Waals surface area (Å²) in [6.45, 7) is 8.86. The van der Waals surface area contributed by atoms with Crippen molar-refractivity contribution in [2.45, 2.75) is 27.7 Å². The van der Waals surface area contributed by atoms with E-state index in [9.17, 15) is 0 Å². The molecule has 0 unspecified atom stereocenters. The van der Waals surface area contributed by atoms with Crippen molar-refractivity contribution in [3.05, 3.63) is 216 Å². The Labute approximate surface area is 395 Å². The Bertz CT molecular complexity index is 4180. The van der Waals surface area contributed by atoms with Crippen LogP contribution in [0.3, 0.4) is 0 Å². The van der Waals surface area contributed by atoms with E-state index in [1.165, 1.54) is 175 Å². The molecule has 0 spiro atoms. The predicted octanol–water partition coefficient (Wildman–Crippen LogP) is 19.3. The average molecular weight is 861 g/mol. The van der Waals surface area contributed by atoms with E-state index >= 15 is 0 Å². The van der Waals surface area contributed by atoms with Gasteiger partial charge in [0.1, 0.15) is 0 Å². The molecule has 0 heterocycles. The van der Waals surface area contributed by atoms with Gasteiger partial charge >= 0.3 is 0 Å². The predicted molar refractivity (Wildman–Crippen MR) is 294 cm³/mol. The van der Waals surface area contributed by atoms with E-state index in [4.69, 9.17) is 0 Å². The van der Waals surface area contributed by atoms with Gasteiger partial charge in [0.05, 0.1) is 0 Å². The lowest BCUT2D eigenvalue weighted by atomic mass is 9.81. The summed E-state index contributed by atoms with van der Waals surface area (Å²) in [5.41, 5.74) is 20.7. The second-order valence-corrected chi connectivity index (χ2v) is 19.7. The molecule has 0 N–H and O–H groups in total. The molecular weight excluding hydrogens is 817 g/mol. The van der Waals surface area contributed by atoms with Gasteiger partial charge in [-0.15, -0.1) is 0 Å². The first kappa shape index (κ1) is 37.9. The van der Waals surface area contributed by atoms with Crippen LogP contribution in [0.4, 0.5) is 0 Å². The van der Waals surface area contributed by atoms with Crippen molar-refractivity contribution in [1.29, 1.82) is 0 Å². The van der Waals surface area contributed by atoms with Gasteiger partial charge in [0.25, 0.3) is 0 Å². The van der Waals surface area contributed by atoms with E-state index in [2.05, 4.69) is 222 Å². The van der Waals surface area contributed by atoms with Gasteiger partial charge < -0.3 is 0 Å². The third-order valence-corrected chi connectivity index (χ3v) is 15.9. The summed E-state index contributed by atoms with van der Waals surface area (Å²) in [5, 5.41) is 21.2. The molecule has 0 bridgehead atoms. The maximum atomic E-state index is 2.46. The molecule has 0 aromatic heterocycles. The van der Waals surface area contributed by atoms with Crippen molar-refractivity contribution in [3.63, 3.8) is 0 Å². The standard InChI is InChI=1S/C68H44/c1-37-15-19-41(20-16-37)45-33-47-34-46(42-21-17-38(2)18-22-42)36-59-53-26-24-49-51-28-30-55-66-54(29-27-50(64(51)66)48-23-25-52(65(53)63(48)49)58(35-45)60(47)59)67-61(43-11-7-5-8-12-43)56-31-39(3)40(4)32-57(56)62(68(55)67)44-13-9-6-10-14-44/h5-36H,1-4H3. The molecule has 0 nitrogen and oxygen atoms in total. The normalized spacial score (nSPS) is 12.4. The van der Waals surface area contributed by atoms with Gasteiger partial charge in [0, 0.05) is 0 Å². The first-order valence-corrected chi connectivity index (χ1v) is 24.1. The average Bonchev–Trinajstić information content (AvgIpc) is 3.70. The van der Waals surface area contributed by atoms with Gasteiger partial charge in [-0.25, -0.2) is 0 Å². The van der Waals surface area contributed by atoms with Crippen LogP contribution in [0.15, 0.2) is 194 Å². The highest BCUT2D eigenvalue weighted by molar-refractivity contribution is 6.44. The highest BCUT2D eigenvalue weighted by atomic mass is 14.3. The Morgan fingerprint density at radius 3 is 1.00 bits per heavy atom. The molecule has 14 aromatic rings. The molecule has 15 rings (SSSR count). The largest absolute Gasteiger partial charge is 0.0622 e. The second-order valence-electron chi connectivity index (χ2n) is 19.7. The van der Waals surface area contributed by atoms with Gasteiger partial charge in [0.15, 0.2) is 0 Å². The summed E-state index contributed by atoms with van der Waals surface area (Å²) < 4.78 is 0. The van der Waals surface area contributed by atoms with Crippen molar-refractivity contribution in [1.82, 2.24) is 0 Å². The molecule has 0 aliphatic heterocycles. The molecule has 0 heteroatoms. The number of aryl methyl sites for hydroxylation is 4. The molecule has 0 amide bonds. The van der Waals surface area contributed by atoms with E-state index in [1.54, 1.807) is 0 Å². The summed E-state index contributed by atoms with van der Waals surface area (Å²) in [4.78, 5) is 0. The highest BCUT2D eigenvalue weighted by Crippen LogP contribution is 2.60. The molecule has 0 fully saturated rings. The molecule has 0 atom stereocenters. The summed E-state index contributed by atoms with van der Waals surface area (Å²) in [6.07, 6.45) is 0. The molecule has 68 heavy (non-hydrogen) atoms. The Morgan fingerprint density at radius 1 is 0.221 bits per heavy atom. The summed E-state index contributed by atoms with van der Waals surface area (Å²) in [5.74, 6) is 0. The van der Waals surface area contributed by atoms with Crippen molar-refractivity contribution in [2.75, 3.05) is 0 Å². The highest BCUT2D eigenvalue weighted by Gasteiger charge is 2.33. The summed E-state index contributed by atoms with van der Waals surface area (Å²) >= 11 is 0. The lowest BCUT2D eigenvalue weighted by Crippen LogP contribution is -1.95. The fraction of sp³-hybridized carbons (Fsp3) is 0.0588. The maximum Gasteiger partial charge on any atom is -0.000740 e. The Balaban J connectivity index is 1.08. The van der Waals surface area contributed by atoms with Gasteiger partial charge in [0.2, 0.25) is 0 Å². The minimum Gasteiger partial charge on any atom is -0.0622 e. The van der Waals surface area contributed by atoms with E-state index < -0.39 is 0 Å². The molecule has 316 valence electrons. The minimum absolute atomic E-state index is 1.24. The number of hydrogen-bond acceptors (Lipinski definition) is 0. The number of benzene rings is 14. The van der Waals surface area contributed by atoms with Crippen LogP contribution in [-0.4, -0.2) is 0 Å². The van der Waals surface area contributed by atoms with Crippen LogP contribution in [0.25, 0.3) is 153 Å². The molecule has 14 aromatic carbocycles. The smallest absolute Gasteiger partial charge is 0.000740 e. The van der Waals surface area contributed by atoms with E-state index in [-0.39, 0.29) is 0 Å². The Kier molecular flexibility index (Phi) is 7.59. The zero-order chi connectivity index (χ0) is 45.1. The van der Waals surface area contributed by atoms with Gasteiger partial charge in [-0.2, -0.15) is 0 Å². The van der Waals surface area contributed by atoms with Gasteiger partial charge in [-0.05, 0) is 216 Å². The van der Waals surface area contributed by atoms with E-state index in [0.717, 1.165) is 0 Å². The lowest BCUT2D eigenvalue weighted by Gasteiger charge is -2.21. The van der Waals surface area contributed by atoms with Crippen LogP contribution in [0.1, 0.15) is 22.3 Å². The molecule has 0 saturated heterocycles. The zero-order valence-electron chi connectivity index (χ0n) is 38.5. The number of fused-ring (bicyclic) bond motifs is 8. The van der Waals surface area contributed by atoms with Crippen molar-refractivity contribution < 1.29 is 0 Å². The van der Waals surface area contributed by atoms with Crippen LogP contribution in [-0.2, 0) is 0 Å². The van der Waals surface area contributed by atoms with Crippen molar-refractivity contribution in [3.8, 4) is 66.8 Å². The van der Waals surface area contributed by atoms with Gasteiger partial charge in [-0.1, -0.05) is 181 Å². The second kappa shape index (κ2) is 13.6. The Hall–Kier alpha value is -8.32. The lowest BCUT2D eigenvalue weighted by molar-refractivity contribution is 1.37. The van der Waals surface area contributed by atoms with E-state index in [0.29, 0.717) is 0 Å². The van der Waals surface area contributed by atoms with Crippen LogP contribution < -0.4 is 0 Å². The summed E-state index contributed by atoms with van der Waals surface area (Å²) in [7, 11) is 0. The quantitative estimate of drug-likeness (QED) is 0.122. The van der Waals surface area contributed by atoms with Crippen LogP contribution >= 0.6 is 0 Å². The minimum atomic E-state index is 1.24. The third-order valence-electron chi connectivity index (χ3n) is 15.9.